The fourth-order valence-corrected chi connectivity index (χ4v) is 2.03. The van der Waals surface area contributed by atoms with Crippen molar-refractivity contribution in [2.75, 3.05) is 0 Å². The fourth-order valence-electron chi connectivity index (χ4n) is 2.03. The molecule has 0 saturated carbocycles. The third-order valence-electron chi connectivity index (χ3n) is 3.03. The first kappa shape index (κ1) is 14.8. The van der Waals surface area contributed by atoms with E-state index in [-0.39, 0.29) is 11.7 Å². The average Bonchev–Trinajstić information content (AvgIpc) is 2.41. The van der Waals surface area contributed by atoms with Crippen molar-refractivity contribution in [3.63, 3.8) is 0 Å². The Morgan fingerprint density at radius 2 is 1.95 bits per heavy atom. The molecule has 2 rings (SSSR count). The lowest BCUT2D eigenvalue weighted by atomic mass is 10.1. The van der Waals surface area contributed by atoms with Gasteiger partial charge < -0.3 is 15.7 Å². The standard InChI is InChI=1S/C15H16FN3O2/c1-8-4-5-11(16)7-12(8)21-15-13(14(17)19-20)9(2)6-10(3)18-15/h4-7,20H,1-3H3,(H2,17,19). The van der Waals surface area contributed by atoms with Crippen molar-refractivity contribution < 1.29 is 14.3 Å². The van der Waals surface area contributed by atoms with Crippen LogP contribution in [0, 0.1) is 26.6 Å². The van der Waals surface area contributed by atoms with E-state index in [1.165, 1.54) is 12.1 Å². The minimum Gasteiger partial charge on any atom is -0.438 e. The van der Waals surface area contributed by atoms with Crippen LogP contribution in [-0.2, 0) is 0 Å². The highest BCUT2D eigenvalue weighted by Crippen LogP contribution is 2.29. The van der Waals surface area contributed by atoms with Crippen LogP contribution in [0.5, 0.6) is 11.6 Å². The molecule has 1 aromatic carbocycles. The summed E-state index contributed by atoms with van der Waals surface area (Å²) in [7, 11) is 0. The van der Waals surface area contributed by atoms with Gasteiger partial charge in [0.25, 0.3) is 0 Å². The SMILES string of the molecule is Cc1cc(C)c(/C(N)=N/O)c(Oc2cc(F)ccc2C)n1. The Balaban J connectivity index is 2.55. The lowest BCUT2D eigenvalue weighted by molar-refractivity contribution is 0.318. The van der Waals surface area contributed by atoms with Crippen molar-refractivity contribution in [1.82, 2.24) is 4.98 Å². The largest absolute Gasteiger partial charge is 0.438 e. The lowest BCUT2D eigenvalue weighted by Crippen LogP contribution is -2.17. The third kappa shape index (κ3) is 3.10. The average molecular weight is 289 g/mol. The number of benzene rings is 1. The summed E-state index contributed by atoms with van der Waals surface area (Å²) >= 11 is 0. The first-order chi connectivity index (χ1) is 9.92. The molecule has 6 heteroatoms. The van der Waals surface area contributed by atoms with Crippen LogP contribution in [0.2, 0.25) is 0 Å². The molecule has 5 nitrogen and oxygen atoms in total. The van der Waals surface area contributed by atoms with Gasteiger partial charge in [-0.25, -0.2) is 9.37 Å². The molecule has 0 radical (unpaired) electrons. The van der Waals surface area contributed by atoms with Crippen molar-refractivity contribution in [3.05, 3.63) is 52.5 Å². The van der Waals surface area contributed by atoms with E-state index in [9.17, 15) is 4.39 Å². The maximum absolute atomic E-state index is 13.3. The van der Waals surface area contributed by atoms with Crippen LogP contribution < -0.4 is 10.5 Å². The Labute approximate surface area is 121 Å². The van der Waals surface area contributed by atoms with Crippen LogP contribution >= 0.6 is 0 Å². The molecule has 0 aliphatic heterocycles. The Morgan fingerprint density at radius 1 is 1.24 bits per heavy atom. The van der Waals surface area contributed by atoms with E-state index in [0.717, 1.165) is 11.1 Å². The van der Waals surface area contributed by atoms with Crippen LogP contribution in [0.4, 0.5) is 4.39 Å². The smallest absolute Gasteiger partial charge is 0.230 e. The number of aromatic nitrogens is 1. The molecule has 0 saturated heterocycles. The second kappa shape index (κ2) is 5.78. The van der Waals surface area contributed by atoms with Crippen molar-refractivity contribution >= 4 is 5.84 Å². The summed E-state index contributed by atoms with van der Waals surface area (Å²) < 4.78 is 19.0. The molecule has 3 N–H and O–H groups in total. The van der Waals surface area contributed by atoms with E-state index in [2.05, 4.69) is 10.1 Å². The number of pyridine rings is 1. The topological polar surface area (TPSA) is 80.7 Å². The van der Waals surface area contributed by atoms with Gasteiger partial charge in [0.15, 0.2) is 5.84 Å². The molecule has 0 atom stereocenters. The van der Waals surface area contributed by atoms with Gasteiger partial charge in [-0.15, -0.1) is 0 Å². The molecule has 0 aliphatic rings. The molecular formula is C15H16FN3O2. The maximum Gasteiger partial charge on any atom is 0.230 e. The van der Waals surface area contributed by atoms with Crippen molar-refractivity contribution in [1.29, 1.82) is 0 Å². The molecule has 0 bridgehead atoms. The number of oxime groups is 1. The Hall–Kier alpha value is -2.63. The van der Waals surface area contributed by atoms with Gasteiger partial charge in [-0.2, -0.15) is 0 Å². The quantitative estimate of drug-likeness (QED) is 0.394. The summed E-state index contributed by atoms with van der Waals surface area (Å²) in [5.41, 5.74) is 8.27. The van der Waals surface area contributed by atoms with Gasteiger partial charge >= 0.3 is 0 Å². The Kier molecular flexibility index (Phi) is 4.07. The molecule has 0 spiro atoms. The van der Waals surface area contributed by atoms with E-state index in [1.807, 2.05) is 0 Å². The number of hydrogen-bond donors (Lipinski definition) is 2. The van der Waals surface area contributed by atoms with Gasteiger partial charge in [0.1, 0.15) is 11.6 Å². The van der Waals surface area contributed by atoms with E-state index < -0.39 is 5.82 Å². The molecule has 1 heterocycles. The van der Waals surface area contributed by atoms with Gasteiger partial charge in [0.2, 0.25) is 5.88 Å². The van der Waals surface area contributed by atoms with Gasteiger partial charge in [-0.3, -0.25) is 0 Å². The summed E-state index contributed by atoms with van der Waals surface area (Å²) in [4.78, 5) is 4.25. The molecule has 110 valence electrons. The molecule has 0 amide bonds. The summed E-state index contributed by atoms with van der Waals surface area (Å²) in [6, 6.07) is 6.02. The van der Waals surface area contributed by atoms with E-state index in [1.54, 1.807) is 32.9 Å². The van der Waals surface area contributed by atoms with Crippen molar-refractivity contribution in [2.45, 2.75) is 20.8 Å². The number of nitrogens with zero attached hydrogens (tertiary/aromatic N) is 2. The zero-order valence-corrected chi connectivity index (χ0v) is 12.0. The Morgan fingerprint density at radius 3 is 2.62 bits per heavy atom. The van der Waals surface area contributed by atoms with Gasteiger partial charge in [0, 0.05) is 11.8 Å². The van der Waals surface area contributed by atoms with Gasteiger partial charge in [-0.05, 0) is 44.0 Å². The lowest BCUT2D eigenvalue weighted by Gasteiger charge is -2.14. The highest BCUT2D eigenvalue weighted by atomic mass is 19.1. The highest BCUT2D eigenvalue weighted by Gasteiger charge is 2.16. The molecule has 0 aliphatic carbocycles. The summed E-state index contributed by atoms with van der Waals surface area (Å²) in [6.07, 6.45) is 0. The van der Waals surface area contributed by atoms with E-state index in [4.69, 9.17) is 15.7 Å². The zero-order chi connectivity index (χ0) is 15.6. The third-order valence-corrected chi connectivity index (χ3v) is 3.03. The minimum atomic E-state index is -0.412. The minimum absolute atomic E-state index is 0.107. The summed E-state index contributed by atoms with van der Waals surface area (Å²) in [6.45, 7) is 5.39. The molecule has 0 fully saturated rings. The predicted molar refractivity (Wildman–Crippen MR) is 77.4 cm³/mol. The second-order valence-electron chi connectivity index (χ2n) is 4.76. The van der Waals surface area contributed by atoms with Crippen LogP contribution in [0.1, 0.15) is 22.4 Å². The van der Waals surface area contributed by atoms with Crippen LogP contribution in [0.15, 0.2) is 29.4 Å². The normalized spacial score (nSPS) is 11.5. The molecular weight excluding hydrogens is 273 g/mol. The first-order valence-electron chi connectivity index (χ1n) is 6.32. The van der Waals surface area contributed by atoms with Crippen molar-refractivity contribution in [2.24, 2.45) is 10.9 Å². The van der Waals surface area contributed by atoms with E-state index in [0.29, 0.717) is 17.0 Å². The first-order valence-corrected chi connectivity index (χ1v) is 6.32. The number of halogens is 1. The summed E-state index contributed by atoms with van der Waals surface area (Å²) in [5, 5.41) is 11.9. The van der Waals surface area contributed by atoms with E-state index >= 15 is 0 Å². The Bertz CT molecular complexity index is 714. The predicted octanol–water partition coefficient (Wildman–Crippen LogP) is 3.03. The molecule has 0 unspecified atom stereocenters. The summed E-state index contributed by atoms with van der Waals surface area (Å²) in [5.74, 6) is -0.00892. The van der Waals surface area contributed by atoms with Crippen molar-refractivity contribution in [3.8, 4) is 11.6 Å². The number of rotatable bonds is 3. The number of aryl methyl sites for hydroxylation is 3. The number of amidine groups is 1. The van der Waals surface area contributed by atoms with Gasteiger partial charge in [0.05, 0.1) is 5.56 Å². The zero-order valence-electron chi connectivity index (χ0n) is 12.0. The van der Waals surface area contributed by atoms with Crippen LogP contribution in [0.25, 0.3) is 0 Å². The van der Waals surface area contributed by atoms with Crippen LogP contribution in [-0.4, -0.2) is 16.0 Å². The maximum atomic E-state index is 13.3. The molecule has 2 aromatic rings. The second-order valence-corrected chi connectivity index (χ2v) is 4.76. The number of ether oxygens (including phenoxy) is 1. The number of hydrogen-bond acceptors (Lipinski definition) is 4. The number of nitrogens with two attached hydrogens (primary N) is 1. The fraction of sp³-hybridized carbons (Fsp3) is 0.200. The molecule has 21 heavy (non-hydrogen) atoms. The highest BCUT2D eigenvalue weighted by molar-refractivity contribution is 6.00. The van der Waals surface area contributed by atoms with Crippen LogP contribution in [0.3, 0.4) is 0 Å². The molecule has 1 aromatic heterocycles. The monoisotopic (exact) mass is 289 g/mol. The van der Waals surface area contributed by atoms with Gasteiger partial charge in [-0.1, -0.05) is 11.2 Å².